The molecule has 104 valence electrons. The molecule has 4 N–H and O–H groups in total. The molecule has 2 rings (SSSR count). The summed E-state index contributed by atoms with van der Waals surface area (Å²) in [5, 5.41) is 2.09. The number of hydrogen-bond donors (Lipinski definition) is 3. The van der Waals surface area contributed by atoms with Crippen molar-refractivity contribution in [2.45, 2.75) is 0 Å². The number of carbonyl (C=O) groups excluding carboxylic acids is 1. The Hall–Kier alpha value is -2.13. The van der Waals surface area contributed by atoms with Crippen LogP contribution < -0.4 is 16.6 Å². The number of nitrogens with one attached hydrogen (secondary N) is 2. The van der Waals surface area contributed by atoms with Crippen molar-refractivity contribution >= 4 is 33.3 Å². The first-order valence-corrected chi connectivity index (χ1v) is 6.05. The summed E-state index contributed by atoms with van der Waals surface area (Å²) in [6, 6.07) is 2.06. The summed E-state index contributed by atoms with van der Waals surface area (Å²) in [6.45, 7) is 0. The van der Waals surface area contributed by atoms with E-state index in [1.165, 1.54) is 6.20 Å². The second kappa shape index (κ2) is 5.88. The Morgan fingerprint density at radius 1 is 1.25 bits per heavy atom. The van der Waals surface area contributed by atoms with E-state index in [-0.39, 0.29) is 16.0 Å². The molecule has 0 aliphatic carbocycles. The highest BCUT2D eigenvalue weighted by Crippen LogP contribution is 2.24. The highest BCUT2D eigenvalue weighted by Gasteiger charge is 2.16. The molecule has 6 nitrogen and oxygen atoms in total. The summed E-state index contributed by atoms with van der Waals surface area (Å²) >= 11 is 2.94. The van der Waals surface area contributed by atoms with E-state index in [2.05, 4.69) is 36.6 Å². The number of nitrogens with zero attached hydrogens (tertiary/aromatic N) is 2. The number of anilines is 2. The van der Waals surface area contributed by atoms with Crippen LogP contribution in [-0.4, -0.2) is 15.9 Å². The molecule has 1 amide bonds. The van der Waals surface area contributed by atoms with Crippen LogP contribution in [-0.2, 0) is 0 Å². The zero-order valence-electron chi connectivity index (χ0n) is 9.82. The minimum Gasteiger partial charge on any atom is -0.316 e. The molecular weight excluding hydrogens is 336 g/mol. The fourth-order valence-corrected chi connectivity index (χ4v) is 1.79. The predicted molar refractivity (Wildman–Crippen MR) is 71.9 cm³/mol. The van der Waals surface area contributed by atoms with Crippen molar-refractivity contribution < 1.29 is 13.6 Å². The van der Waals surface area contributed by atoms with Gasteiger partial charge in [0.1, 0.15) is 11.4 Å². The Bertz CT molecular complexity index is 644. The molecular formula is C11H8BrF2N5O. The van der Waals surface area contributed by atoms with Gasteiger partial charge in [0, 0.05) is 4.47 Å². The lowest BCUT2D eigenvalue weighted by atomic mass is 10.2. The maximum absolute atomic E-state index is 13.6. The molecule has 1 aromatic heterocycles. The third kappa shape index (κ3) is 3.06. The van der Waals surface area contributed by atoms with Gasteiger partial charge in [0.25, 0.3) is 5.91 Å². The molecule has 1 heterocycles. The molecule has 0 bridgehead atoms. The fraction of sp³-hybridized carbons (Fsp3) is 0. The Kier molecular flexibility index (Phi) is 4.20. The van der Waals surface area contributed by atoms with Gasteiger partial charge in [-0.1, -0.05) is 15.9 Å². The third-order valence-electron chi connectivity index (χ3n) is 2.26. The van der Waals surface area contributed by atoms with Gasteiger partial charge in [0.15, 0.2) is 17.5 Å². The second-order valence-electron chi connectivity index (χ2n) is 3.63. The van der Waals surface area contributed by atoms with E-state index in [4.69, 9.17) is 5.84 Å². The molecule has 9 heteroatoms. The molecule has 0 spiro atoms. The number of nitrogens with two attached hydrogens (primary N) is 1. The minimum absolute atomic E-state index is 0.137. The van der Waals surface area contributed by atoms with Crippen molar-refractivity contribution in [2.24, 2.45) is 5.84 Å². The summed E-state index contributed by atoms with van der Waals surface area (Å²) in [6.07, 6.45) is 2.43. The molecule has 0 fully saturated rings. The number of halogens is 3. The second-order valence-corrected chi connectivity index (χ2v) is 4.55. The van der Waals surface area contributed by atoms with E-state index in [9.17, 15) is 13.6 Å². The number of hydrogen-bond acceptors (Lipinski definition) is 5. The summed E-state index contributed by atoms with van der Waals surface area (Å²) in [5.41, 5.74) is 1.51. The SMILES string of the molecule is NNc1cncc(C(=O)Nc2c(F)cc(Br)cc2F)n1. The lowest BCUT2D eigenvalue weighted by molar-refractivity contribution is 0.102. The van der Waals surface area contributed by atoms with Crippen LogP contribution in [0.3, 0.4) is 0 Å². The Morgan fingerprint density at radius 3 is 2.50 bits per heavy atom. The smallest absolute Gasteiger partial charge is 0.276 e. The summed E-state index contributed by atoms with van der Waals surface area (Å²) in [7, 11) is 0. The van der Waals surface area contributed by atoms with Crippen LogP contribution in [0.5, 0.6) is 0 Å². The molecule has 0 aliphatic rings. The van der Waals surface area contributed by atoms with Crippen molar-refractivity contribution in [3.8, 4) is 0 Å². The van der Waals surface area contributed by atoms with Gasteiger partial charge >= 0.3 is 0 Å². The van der Waals surface area contributed by atoms with E-state index in [1.807, 2.05) is 0 Å². The van der Waals surface area contributed by atoms with E-state index >= 15 is 0 Å². The fourth-order valence-electron chi connectivity index (χ4n) is 1.38. The zero-order valence-corrected chi connectivity index (χ0v) is 11.4. The van der Waals surface area contributed by atoms with Crippen LogP contribution in [0.25, 0.3) is 0 Å². The molecule has 0 unspecified atom stereocenters. The van der Waals surface area contributed by atoms with E-state index in [1.54, 1.807) is 0 Å². The Morgan fingerprint density at radius 2 is 1.90 bits per heavy atom. The number of nitrogen functional groups attached to an aromatic ring is 1. The van der Waals surface area contributed by atoms with Gasteiger partial charge in [0.2, 0.25) is 0 Å². The average molecular weight is 344 g/mol. The van der Waals surface area contributed by atoms with Crippen molar-refractivity contribution in [3.05, 3.63) is 46.3 Å². The molecule has 0 aliphatic heterocycles. The largest absolute Gasteiger partial charge is 0.316 e. The first-order valence-electron chi connectivity index (χ1n) is 5.26. The zero-order chi connectivity index (χ0) is 14.7. The first kappa shape index (κ1) is 14.3. The van der Waals surface area contributed by atoms with Gasteiger partial charge in [-0.2, -0.15) is 0 Å². The van der Waals surface area contributed by atoms with Gasteiger partial charge in [-0.25, -0.2) is 19.6 Å². The molecule has 0 saturated heterocycles. The monoisotopic (exact) mass is 343 g/mol. The minimum atomic E-state index is -0.911. The molecule has 0 saturated carbocycles. The highest BCUT2D eigenvalue weighted by molar-refractivity contribution is 9.10. The van der Waals surface area contributed by atoms with Crippen LogP contribution in [0, 0.1) is 11.6 Å². The molecule has 1 aromatic carbocycles. The maximum atomic E-state index is 13.6. The van der Waals surface area contributed by atoms with E-state index in [0.29, 0.717) is 0 Å². The van der Waals surface area contributed by atoms with E-state index in [0.717, 1.165) is 18.3 Å². The van der Waals surface area contributed by atoms with Gasteiger partial charge < -0.3 is 10.7 Å². The number of benzene rings is 1. The average Bonchev–Trinajstić information content (AvgIpc) is 2.42. The summed E-state index contributed by atoms with van der Waals surface area (Å²) < 4.78 is 27.4. The van der Waals surface area contributed by atoms with Gasteiger partial charge in [-0.3, -0.25) is 9.78 Å². The van der Waals surface area contributed by atoms with Crippen molar-refractivity contribution in [2.75, 3.05) is 10.7 Å². The van der Waals surface area contributed by atoms with Gasteiger partial charge in [-0.05, 0) is 12.1 Å². The third-order valence-corrected chi connectivity index (χ3v) is 2.72. The van der Waals surface area contributed by atoms with Crippen LogP contribution in [0.15, 0.2) is 29.0 Å². The lowest BCUT2D eigenvalue weighted by Crippen LogP contribution is -2.18. The maximum Gasteiger partial charge on any atom is 0.276 e. The quantitative estimate of drug-likeness (QED) is 0.585. The molecule has 0 radical (unpaired) electrons. The number of amides is 1. The van der Waals surface area contributed by atoms with E-state index < -0.39 is 23.2 Å². The van der Waals surface area contributed by atoms with Crippen LogP contribution in [0.2, 0.25) is 0 Å². The number of carbonyl (C=O) groups is 1. The standard InChI is InChI=1S/C11H8BrF2N5O/c12-5-1-6(13)10(7(14)2-5)18-11(20)8-3-16-4-9(17-8)19-15/h1-4H,15H2,(H,17,19)(H,18,20). The lowest BCUT2D eigenvalue weighted by Gasteiger charge is -2.08. The molecule has 2 aromatic rings. The molecule has 20 heavy (non-hydrogen) atoms. The van der Waals surface area contributed by atoms with Gasteiger partial charge in [0.05, 0.1) is 12.4 Å². The molecule has 0 atom stereocenters. The highest BCUT2D eigenvalue weighted by atomic mass is 79.9. The van der Waals surface area contributed by atoms with Crippen molar-refractivity contribution in [1.29, 1.82) is 0 Å². The van der Waals surface area contributed by atoms with Crippen LogP contribution in [0.1, 0.15) is 10.5 Å². The van der Waals surface area contributed by atoms with Crippen molar-refractivity contribution in [3.63, 3.8) is 0 Å². The first-order chi connectivity index (χ1) is 9.51. The summed E-state index contributed by atoms with van der Waals surface area (Å²) in [5.74, 6) is 2.64. The van der Waals surface area contributed by atoms with Crippen LogP contribution in [0.4, 0.5) is 20.3 Å². The van der Waals surface area contributed by atoms with Crippen molar-refractivity contribution in [1.82, 2.24) is 9.97 Å². The Balaban J connectivity index is 2.28. The summed E-state index contributed by atoms with van der Waals surface area (Å²) in [4.78, 5) is 19.4. The number of rotatable bonds is 3. The van der Waals surface area contributed by atoms with Crippen LogP contribution >= 0.6 is 15.9 Å². The predicted octanol–water partition coefficient (Wildman–Crippen LogP) is 2.06. The number of aromatic nitrogens is 2. The Labute approximate surface area is 120 Å². The topological polar surface area (TPSA) is 92.9 Å². The normalized spacial score (nSPS) is 10.2. The number of hydrazine groups is 1. The van der Waals surface area contributed by atoms with Gasteiger partial charge in [-0.15, -0.1) is 0 Å².